The molecule has 0 saturated heterocycles. The lowest BCUT2D eigenvalue weighted by Crippen LogP contribution is -2.10. The van der Waals surface area contributed by atoms with E-state index in [1.54, 1.807) is 6.07 Å². The zero-order valence-electron chi connectivity index (χ0n) is 9.96. The number of nitrogens with zero attached hydrogens (tertiary/aromatic N) is 3. The van der Waals surface area contributed by atoms with Crippen LogP contribution >= 0.6 is 34.5 Å². The molecule has 1 unspecified atom stereocenters. The summed E-state index contributed by atoms with van der Waals surface area (Å²) in [7, 11) is 0. The van der Waals surface area contributed by atoms with Crippen LogP contribution in [-0.2, 0) is 0 Å². The van der Waals surface area contributed by atoms with Crippen molar-refractivity contribution in [2.45, 2.75) is 6.04 Å². The third-order valence-corrected chi connectivity index (χ3v) is 4.03. The van der Waals surface area contributed by atoms with Gasteiger partial charge in [-0.3, -0.25) is 0 Å². The third-order valence-electron chi connectivity index (χ3n) is 2.58. The molecule has 0 saturated carbocycles. The highest BCUT2D eigenvalue weighted by atomic mass is 35.5. The van der Waals surface area contributed by atoms with Gasteiger partial charge >= 0.3 is 0 Å². The van der Waals surface area contributed by atoms with E-state index < -0.39 is 6.04 Å². The van der Waals surface area contributed by atoms with Crippen molar-refractivity contribution >= 4 is 34.5 Å². The van der Waals surface area contributed by atoms with Gasteiger partial charge in [0.05, 0.1) is 10.0 Å². The van der Waals surface area contributed by atoms with E-state index in [1.807, 2.05) is 17.5 Å². The molecule has 3 aromatic heterocycles. The molecule has 1 atom stereocenters. The van der Waals surface area contributed by atoms with Crippen molar-refractivity contribution in [1.82, 2.24) is 15.1 Å². The number of thiophene rings is 1. The monoisotopic (exact) mass is 326 g/mol. The molecule has 3 aromatic rings. The summed E-state index contributed by atoms with van der Waals surface area (Å²) in [6.07, 6.45) is 1.47. The van der Waals surface area contributed by atoms with Gasteiger partial charge in [-0.25, -0.2) is 4.98 Å². The first-order chi connectivity index (χ1) is 9.65. The van der Waals surface area contributed by atoms with Crippen molar-refractivity contribution in [3.05, 3.63) is 50.6 Å². The first kappa shape index (κ1) is 13.5. The van der Waals surface area contributed by atoms with Gasteiger partial charge in [-0.15, -0.1) is 11.3 Å². The molecule has 0 amide bonds. The fourth-order valence-corrected chi connectivity index (χ4v) is 2.81. The fourth-order valence-electron chi connectivity index (χ4n) is 1.63. The minimum Gasteiger partial charge on any atom is -0.337 e. The lowest BCUT2D eigenvalue weighted by Gasteiger charge is -2.01. The Morgan fingerprint density at radius 3 is 2.90 bits per heavy atom. The summed E-state index contributed by atoms with van der Waals surface area (Å²) in [4.78, 5) is 9.28. The van der Waals surface area contributed by atoms with Gasteiger partial charge in [-0.2, -0.15) is 4.98 Å². The van der Waals surface area contributed by atoms with Crippen LogP contribution < -0.4 is 5.73 Å². The molecule has 0 aliphatic rings. The molecule has 0 spiro atoms. The minimum absolute atomic E-state index is 0.286. The van der Waals surface area contributed by atoms with E-state index in [1.165, 1.54) is 17.5 Å². The Morgan fingerprint density at radius 1 is 1.35 bits per heavy atom. The first-order valence-corrected chi connectivity index (χ1v) is 7.22. The van der Waals surface area contributed by atoms with E-state index in [-0.39, 0.29) is 5.82 Å². The van der Waals surface area contributed by atoms with Gasteiger partial charge in [-0.05, 0) is 17.5 Å². The highest BCUT2D eigenvalue weighted by Gasteiger charge is 2.20. The van der Waals surface area contributed by atoms with Crippen LogP contribution in [0.25, 0.3) is 11.5 Å². The van der Waals surface area contributed by atoms with Crippen molar-refractivity contribution in [2.75, 3.05) is 0 Å². The quantitative estimate of drug-likeness (QED) is 0.796. The van der Waals surface area contributed by atoms with Crippen LogP contribution in [0.3, 0.4) is 0 Å². The Bertz CT molecular complexity index is 729. The van der Waals surface area contributed by atoms with Crippen molar-refractivity contribution in [2.24, 2.45) is 5.73 Å². The summed E-state index contributed by atoms with van der Waals surface area (Å²) in [5.74, 6) is 0.601. The maximum absolute atomic E-state index is 6.05. The molecular formula is C12H8Cl2N4OS. The van der Waals surface area contributed by atoms with E-state index >= 15 is 0 Å². The fraction of sp³-hybridized carbons (Fsp3) is 0.0833. The standard InChI is InChI=1S/C12H8Cl2N4OS/c13-6-4-7(14)10(16-5-6)11-17-12(19-18-11)9(15)8-2-1-3-20-8/h1-5,9H,15H2. The molecule has 2 N–H and O–H groups in total. The molecule has 5 nitrogen and oxygen atoms in total. The van der Waals surface area contributed by atoms with Crippen LogP contribution in [0.15, 0.2) is 34.3 Å². The molecule has 0 radical (unpaired) electrons. The highest BCUT2D eigenvalue weighted by Crippen LogP contribution is 2.28. The molecule has 0 aliphatic carbocycles. The average Bonchev–Trinajstić information content (AvgIpc) is 3.09. The molecule has 20 heavy (non-hydrogen) atoms. The molecule has 0 aromatic carbocycles. The van der Waals surface area contributed by atoms with Crippen LogP contribution in [0, 0.1) is 0 Å². The molecule has 0 aliphatic heterocycles. The Morgan fingerprint density at radius 2 is 2.20 bits per heavy atom. The van der Waals surface area contributed by atoms with Crippen LogP contribution in [0.1, 0.15) is 16.8 Å². The second kappa shape index (κ2) is 5.49. The second-order valence-electron chi connectivity index (χ2n) is 3.93. The van der Waals surface area contributed by atoms with E-state index in [2.05, 4.69) is 15.1 Å². The summed E-state index contributed by atoms with van der Waals surface area (Å²) in [6.45, 7) is 0. The maximum atomic E-state index is 6.05. The van der Waals surface area contributed by atoms with Crippen LogP contribution in [0.2, 0.25) is 10.0 Å². The van der Waals surface area contributed by atoms with E-state index in [4.69, 9.17) is 33.5 Å². The van der Waals surface area contributed by atoms with Crippen molar-refractivity contribution in [1.29, 1.82) is 0 Å². The molecule has 8 heteroatoms. The number of pyridine rings is 1. The Labute approximate surface area is 128 Å². The number of nitrogens with two attached hydrogens (primary N) is 1. The Hall–Kier alpha value is -1.47. The summed E-state index contributed by atoms with van der Waals surface area (Å²) >= 11 is 13.4. The predicted molar refractivity (Wildman–Crippen MR) is 77.9 cm³/mol. The largest absolute Gasteiger partial charge is 0.337 e. The topological polar surface area (TPSA) is 77.8 Å². The van der Waals surface area contributed by atoms with Gasteiger partial charge < -0.3 is 10.3 Å². The smallest absolute Gasteiger partial charge is 0.249 e. The summed E-state index contributed by atoms with van der Waals surface area (Å²) in [5.41, 5.74) is 6.46. The van der Waals surface area contributed by atoms with Gasteiger partial charge in [0.25, 0.3) is 0 Å². The third kappa shape index (κ3) is 2.55. The number of hydrogen-bond donors (Lipinski definition) is 1. The number of hydrogen-bond acceptors (Lipinski definition) is 6. The lowest BCUT2D eigenvalue weighted by molar-refractivity contribution is 0.368. The van der Waals surface area contributed by atoms with Gasteiger partial charge in [0.15, 0.2) is 0 Å². The predicted octanol–water partition coefficient (Wildman–Crippen LogP) is 3.55. The molecular weight excluding hydrogens is 319 g/mol. The molecule has 3 rings (SSSR count). The summed E-state index contributed by atoms with van der Waals surface area (Å²) < 4.78 is 5.18. The average molecular weight is 327 g/mol. The second-order valence-corrected chi connectivity index (χ2v) is 5.76. The van der Waals surface area contributed by atoms with E-state index in [9.17, 15) is 0 Å². The van der Waals surface area contributed by atoms with E-state index in [0.29, 0.717) is 21.6 Å². The van der Waals surface area contributed by atoms with Gasteiger partial charge in [0.1, 0.15) is 11.7 Å². The Kier molecular flexibility index (Phi) is 3.71. The molecule has 0 bridgehead atoms. The van der Waals surface area contributed by atoms with Gasteiger partial charge in [0, 0.05) is 11.1 Å². The van der Waals surface area contributed by atoms with E-state index in [0.717, 1.165) is 4.88 Å². The first-order valence-electron chi connectivity index (χ1n) is 5.59. The summed E-state index contributed by atoms with van der Waals surface area (Å²) in [6, 6.07) is 4.93. The molecule has 3 heterocycles. The lowest BCUT2D eigenvalue weighted by atomic mass is 10.2. The summed E-state index contributed by atoms with van der Waals surface area (Å²) in [5, 5.41) is 6.59. The zero-order chi connectivity index (χ0) is 14.1. The van der Waals surface area contributed by atoms with Gasteiger partial charge in [0.2, 0.25) is 11.7 Å². The van der Waals surface area contributed by atoms with Crippen molar-refractivity contribution in [3.63, 3.8) is 0 Å². The normalized spacial score (nSPS) is 12.6. The number of rotatable bonds is 3. The minimum atomic E-state index is -0.456. The van der Waals surface area contributed by atoms with Crippen LogP contribution in [0.4, 0.5) is 0 Å². The molecule has 0 fully saturated rings. The highest BCUT2D eigenvalue weighted by molar-refractivity contribution is 7.10. The number of aromatic nitrogens is 3. The van der Waals surface area contributed by atoms with Crippen LogP contribution in [-0.4, -0.2) is 15.1 Å². The zero-order valence-corrected chi connectivity index (χ0v) is 12.3. The van der Waals surface area contributed by atoms with Crippen molar-refractivity contribution < 1.29 is 4.52 Å². The van der Waals surface area contributed by atoms with Crippen LogP contribution in [0.5, 0.6) is 0 Å². The maximum Gasteiger partial charge on any atom is 0.249 e. The van der Waals surface area contributed by atoms with Crippen molar-refractivity contribution in [3.8, 4) is 11.5 Å². The Balaban J connectivity index is 1.94. The SMILES string of the molecule is NC(c1nc(-c2ncc(Cl)cc2Cl)no1)c1cccs1. The number of halogens is 2. The molecule has 102 valence electrons. The van der Waals surface area contributed by atoms with Gasteiger partial charge in [-0.1, -0.05) is 34.4 Å².